The quantitative estimate of drug-likeness (QED) is 0.627. The molecule has 1 unspecified atom stereocenters. The summed E-state index contributed by atoms with van der Waals surface area (Å²) in [7, 11) is 0. The van der Waals surface area contributed by atoms with Gasteiger partial charge in [0.05, 0.1) is 22.6 Å². The van der Waals surface area contributed by atoms with Crippen LogP contribution in [0, 0.1) is 43.6 Å². The SMILES string of the molecule is CC1(C)C=C2C(=C(O)CC(c3ccccc3[N+](=O)[O-])C2(C#N)C#N)C(=O)C1. The van der Waals surface area contributed by atoms with Crippen molar-refractivity contribution in [3.05, 3.63) is 62.9 Å². The standard InChI is InChI=1S/C20H17N3O4/c1-19(2)8-14-18(17(25)9-19)16(24)7-13(20(14,10-21)11-22)12-5-3-4-6-15(12)23(26)27/h3-6,8,13,24H,7,9H2,1-2H3. The highest BCUT2D eigenvalue weighted by Gasteiger charge is 2.54. The van der Waals surface area contributed by atoms with Crippen LogP contribution in [0.2, 0.25) is 0 Å². The fraction of sp³-hybridized carbons (Fsp3) is 0.350. The van der Waals surface area contributed by atoms with Gasteiger partial charge in [-0.25, -0.2) is 0 Å². The van der Waals surface area contributed by atoms with E-state index in [1.54, 1.807) is 26.0 Å². The minimum Gasteiger partial charge on any atom is -0.512 e. The van der Waals surface area contributed by atoms with Crippen LogP contribution in [-0.2, 0) is 4.79 Å². The molecule has 1 atom stereocenters. The Hall–Kier alpha value is -3.45. The van der Waals surface area contributed by atoms with E-state index in [0.29, 0.717) is 0 Å². The van der Waals surface area contributed by atoms with E-state index in [-0.39, 0.29) is 46.8 Å². The van der Waals surface area contributed by atoms with Crippen molar-refractivity contribution in [3.8, 4) is 12.1 Å². The summed E-state index contributed by atoms with van der Waals surface area (Å²) in [5.74, 6) is -1.53. The van der Waals surface area contributed by atoms with Crippen LogP contribution in [-0.4, -0.2) is 15.8 Å². The molecule has 1 aromatic carbocycles. The summed E-state index contributed by atoms with van der Waals surface area (Å²) < 4.78 is 0. The molecule has 7 heteroatoms. The number of carbonyl (C=O) groups excluding carboxylic acids is 1. The van der Waals surface area contributed by atoms with E-state index in [0.717, 1.165) is 0 Å². The number of fused-ring (bicyclic) bond motifs is 1. The molecule has 0 saturated heterocycles. The number of para-hydroxylation sites is 1. The average molecular weight is 363 g/mol. The molecule has 136 valence electrons. The second-order valence-electron chi connectivity index (χ2n) is 7.57. The molecule has 1 N–H and O–H groups in total. The van der Waals surface area contributed by atoms with Gasteiger partial charge in [0.15, 0.2) is 11.2 Å². The average Bonchev–Trinajstić information content (AvgIpc) is 2.60. The van der Waals surface area contributed by atoms with E-state index in [1.165, 1.54) is 18.2 Å². The smallest absolute Gasteiger partial charge is 0.272 e. The van der Waals surface area contributed by atoms with Gasteiger partial charge in [-0.05, 0) is 11.0 Å². The molecule has 2 aliphatic carbocycles. The summed E-state index contributed by atoms with van der Waals surface area (Å²) in [4.78, 5) is 23.5. The maximum Gasteiger partial charge on any atom is 0.272 e. The van der Waals surface area contributed by atoms with Crippen LogP contribution in [0.3, 0.4) is 0 Å². The zero-order chi connectivity index (χ0) is 20.0. The Labute approximate surface area is 156 Å². The predicted octanol–water partition coefficient (Wildman–Crippen LogP) is 3.85. The number of rotatable bonds is 2. The van der Waals surface area contributed by atoms with Crippen molar-refractivity contribution < 1.29 is 14.8 Å². The number of nitrogens with zero attached hydrogens (tertiary/aromatic N) is 3. The number of nitro benzene ring substituents is 1. The maximum absolute atomic E-state index is 12.6. The first kappa shape index (κ1) is 18.3. The van der Waals surface area contributed by atoms with Crippen LogP contribution in [0.4, 0.5) is 5.69 Å². The van der Waals surface area contributed by atoms with Crippen molar-refractivity contribution in [2.75, 3.05) is 0 Å². The summed E-state index contributed by atoms with van der Waals surface area (Å²) in [6, 6.07) is 9.89. The van der Waals surface area contributed by atoms with Crippen LogP contribution in [0.1, 0.15) is 38.2 Å². The van der Waals surface area contributed by atoms with Gasteiger partial charge in [-0.15, -0.1) is 0 Å². The summed E-state index contributed by atoms with van der Waals surface area (Å²) >= 11 is 0. The lowest BCUT2D eigenvalue weighted by Gasteiger charge is -2.41. The minimum absolute atomic E-state index is 0.00672. The zero-order valence-corrected chi connectivity index (χ0v) is 14.9. The topological polar surface area (TPSA) is 128 Å². The molecule has 0 aliphatic heterocycles. The van der Waals surface area contributed by atoms with Crippen LogP contribution >= 0.6 is 0 Å². The Morgan fingerprint density at radius 2 is 1.89 bits per heavy atom. The molecule has 2 aliphatic rings. The third kappa shape index (κ3) is 2.69. The largest absolute Gasteiger partial charge is 0.512 e. The van der Waals surface area contributed by atoms with Crippen LogP contribution in [0.15, 0.2) is 47.2 Å². The lowest BCUT2D eigenvalue weighted by molar-refractivity contribution is -0.385. The van der Waals surface area contributed by atoms with E-state index in [1.807, 2.05) is 12.1 Å². The van der Waals surface area contributed by atoms with Gasteiger partial charge in [0, 0.05) is 30.4 Å². The van der Waals surface area contributed by atoms with Crippen LogP contribution in [0.5, 0.6) is 0 Å². The first-order valence-corrected chi connectivity index (χ1v) is 8.41. The van der Waals surface area contributed by atoms with Crippen LogP contribution < -0.4 is 0 Å². The van der Waals surface area contributed by atoms with Gasteiger partial charge in [-0.2, -0.15) is 10.5 Å². The third-order valence-corrected chi connectivity index (χ3v) is 5.19. The van der Waals surface area contributed by atoms with Gasteiger partial charge in [0.25, 0.3) is 5.69 Å². The molecule has 0 bridgehead atoms. The zero-order valence-electron chi connectivity index (χ0n) is 14.9. The molecular weight excluding hydrogens is 346 g/mol. The molecule has 1 aromatic rings. The van der Waals surface area contributed by atoms with E-state index >= 15 is 0 Å². The van der Waals surface area contributed by atoms with E-state index < -0.39 is 21.7 Å². The van der Waals surface area contributed by atoms with Gasteiger partial charge >= 0.3 is 0 Å². The highest BCUT2D eigenvalue weighted by molar-refractivity contribution is 6.03. The Morgan fingerprint density at radius 1 is 1.26 bits per heavy atom. The Kier molecular flexibility index (Phi) is 4.12. The molecule has 3 rings (SSSR count). The number of hydrogen-bond donors (Lipinski definition) is 1. The fourth-order valence-corrected chi connectivity index (χ4v) is 4.02. The first-order chi connectivity index (χ1) is 12.7. The second kappa shape index (κ2) is 6.07. The number of aliphatic hydroxyl groups excluding tert-OH is 1. The van der Waals surface area contributed by atoms with Crippen molar-refractivity contribution in [3.63, 3.8) is 0 Å². The normalized spacial score (nSPS) is 22.9. The monoisotopic (exact) mass is 363 g/mol. The van der Waals surface area contributed by atoms with Gasteiger partial charge in [-0.1, -0.05) is 38.1 Å². The molecule has 0 radical (unpaired) electrons. The molecule has 0 saturated carbocycles. The van der Waals surface area contributed by atoms with Crippen LogP contribution in [0.25, 0.3) is 0 Å². The van der Waals surface area contributed by atoms with Crippen molar-refractivity contribution in [1.29, 1.82) is 10.5 Å². The number of allylic oxidation sites excluding steroid dienone is 4. The molecule has 7 nitrogen and oxygen atoms in total. The number of nitro groups is 1. The predicted molar refractivity (Wildman–Crippen MR) is 95.3 cm³/mol. The van der Waals surface area contributed by atoms with Crippen molar-refractivity contribution >= 4 is 11.5 Å². The summed E-state index contributed by atoms with van der Waals surface area (Å²) in [6.45, 7) is 3.61. The maximum atomic E-state index is 12.6. The number of hydrogen-bond acceptors (Lipinski definition) is 6. The number of nitriles is 2. The Balaban J connectivity index is 2.35. The van der Waals surface area contributed by atoms with Crippen molar-refractivity contribution in [1.82, 2.24) is 0 Å². The van der Waals surface area contributed by atoms with Gasteiger partial charge in [0.1, 0.15) is 5.76 Å². The highest BCUT2D eigenvalue weighted by Crippen LogP contribution is 2.56. The molecule has 0 amide bonds. The first-order valence-electron chi connectivity index (χ1n) is 8.41. The van der Waals surface area contributed by atoms with E-state index in [4.69, 9.17) is 0 Å². The summed E-state index contributed by atoms with van der Waals surface area (Å²) in [5, 5.41) is 42.0. The van der Waals surface area contributed by atoms with E-state index in [9.17, 15) is 30.5 Å². The van der Waals surface area contributed by atoms with Gasteiger partial charge < -0.3 is 5.11 Å². The number of Topliss-reactive ketones (excluding diaryl/α,β-unsaturated/α-hetero) is 1. The van der Waals surface area contributed by atoms with Crippen molar-refractivity contribution in [2.24, 2.45) is 10.8 Å². The second-order valence-corrected chi connectivity index (χ2v) is 7.57. The molecule has 0 spiro atoms. The number of carbonyl (C=O) groups is 1. The molecule has 0 heterocycles. The summed E-state index contributed by atoms with van der Waals surface area (Å²) in [5.41, 5.74) is -2.28. The lowest BCUT2D eigenvalue weighted by Crippen LogP contribution is -2.39. The Morgan fingerprint density at radius 3 is 2.48 bits per heavy atom. The number of aliphatic hydroxyl groups is 1. The van der Waals surface area contributed by atoms with E-state index in [2.05, 4.69) is 0 Å². The Bertz CT molecular complexity index is 991. The molecule has 27 heavy (non-hydrogen) atoms. The summed E-state index contributed by atoms with van der Waals surface area (Å²) in [6.07, 6.45) is 1.64. The number of benzene rings is 1. The van der Waals surface area contributed by atoms with Gasteiger partial charge in [-0.3, -0.25) is 14.9 Å². The lowest BCUT2D eigenvalue weighted by atomic mass is 9.58. The molecular formula is C20H17N3O4. The van der Waals surface area contributed by atoms with Gasteiger partial charge in [0.2, 0.25) is 0 Å². The number of ketones is 1. The third-order valence-electron chi connectivity index (χ3n) is 5.19. The van der Waals surface area contributed by atoms with Crippen molar-refractivity contribution in [2.45, 2.75) is 32.6 Å². The fourth-order valence-electron chi connectivity index (χ4n) is 4.02. The minimum atomic E-state index is -1.80. The molecule has 0 aromatic heterocycles. The molecule has 0 fully saturated rings. The highest BCUT2D eigenvalue weighted by atomic mass is 16.6.